The van der Waals surface area contributed by atoms with E-state index < -0.39 is 17.4 Å². The number of hydrogen-bond donors (Lipinski definition) is 2. The Morgan fingerprint density at radius 1 is 0.773 bits per heavy atom. The van der Waals surface area contributed by atoms with Gasteiger partial charge in [0.25, 0.3) is 0 Å². The van der Waals surface area contributed by atoms with E-state index in [-0.39, 0.29) is 23.5 Å². The number of Topliss-reactive ketones (excluding diaryl/α,β-unsaturated/α-hetero) is 1. The molecule has 0 atom stereocenters. The molecule has 6 heteroatoms. The van der Waals surface area contributed by atoms with Crippen LogP contribution in [-0.4, -0.2) is 34.2 Å². The van der Waals surface area contributed by atoms with E-state index in [1.807, 2.05) is 0 Å². The summed E-state index contributed by atoms with van der Waals surface area (Å²) >= 11 is 0. The first-order chi connectivity index (χ1) is 9.70. The molecule has 0 aromatic carbocycles. The van der Waals surface area contributed by atoms with Crippen LogP contribution in [0.15, 0.2) is 0 Å². The van der Waals surface area contributed by atoms with Crippen LogP contribution in [0.3, 0.4) is 0 Å². The second-order valence-electron chi connectivity index (χ2n) is 6.34. The van der Waals surface area contributed by atoms with E-state index in [4.69, 9.17) is 10.2 Å². The van der Waals surface area contributed by atoms with Crippen LogP contribution in [0.5, 0.6) is 0 Å². The van der Waals surface area contributed by atoms with Gasteiger partial charge in [-0.05, 0) is 13.8 Å². The molecule has 0 heterocycles. The highest BCUT2D eigenvalue weighted by Crippen LogP contribution is 2.17. The largest absolute Gasteiger partial charge is 0.481 e. The molecule has 0 spiro atoms. The number of carboxylic acid groups (broad SMARTS) is 2. The Morgan fingerprint density at radius 3 is 1.05 bits per heavy atom. The van der Waals surface area contributed by atoms with Crippen molar-refractivity contribution in [3.8, 4) is 0 Å². The molecule has 0 rings (SSSR count). The summed E-state index contributed by atoms with van der Waals surface area (Å²) in [4.78, 5) is 40.9. The van der Waals surface area contributed by atoms with Crippen molar-refractivity contribution in [1.29, 1.82) is 0 Å². The lowest BCUT2D eigenvalue weighted by Crippen LogP contribution is -2.29. The van der Waals surface area contributed by atoms with Gasteiger partial charge in [0, 0.05) is 5.92 Å². The first kappa shape index (κ1) is 25.2. The number of rotatable bonds is 5. The molecule has 0 radical (unpaired) electrons. The molecule has 22 heavy (non-hydrogen) atoms. The lowest BCUT2D eigenvalue weighted by molar-refractivity contribution is -0.141. The van der Waals surface area contributed by atoms with Crippen LogP contribution in [0.25, 0.3) is 0 Å². The van der Waals surface area contributed by atoms with Crippen molar-refractivity contribution in [2.75, 3.05) is 0 Å². The fraction of sp³-hybridized carbons (Fsp3) is 0.750. The average Bonchev–Trinajstić information content (AvgIpc) is 2.38. The average molecular weight is 318 g/mol. The lowest BCUT2D eigenvalue weighted by Gasteiger charge is -2.17. The monoisotopic (exact) mass is 318 g/mol. The molecule has 130 valence electrons. The van der Waals surface area contributed by atoms with E-state index >= 15 is 0 Å². The molecule has 0 saturated carbocycles. The van der Waals surface area contributed by atoms with E-state index in [1.54, 1.807) is 55.4 Å². The molecule has 0 bridgehead atoms. The maximum absolute atomic E-state index is 11.2. The summed E-state index contributed by atoms with van der Waals surface area (Å²) in [5.41, 5.74) is -0.797. The summed E-state index contributed by atoms with van der Waals surface area (Å²) in [6.45, 7) is 13.4. The van der Waals surface area contributed by atoms with E-state index in [9.17, 15) is 19.2 Å². The van der Waals surface area contributed by atoms with Gasteiger partial charge in [0.2, 0.25) is 0 Å². The molecule has 0 fully saturated rings. The number of carboxylic acids is 2. The quantitative estimate of drug-likeness (QED) is 0.596. The molecule has 0 amide bonds. The van der Waals surface area contributed by atoms with Crippen LogP contribution in [0, 0.1) is 23.2 Å². The fourth-order valence-electron chi connectivity index (χ4n) is 0.802. The fourth-order valence-corrected chi connectivity index (χ4v) is 0.802. The summed E-state index contributed by atoms with van der Waals surface area (Å²) in [5.74, 6) is -2.00. The first-order valence-electron chi connectivity index (χ1n) is 7.16. The summed E-state index contributed by atoms with van der Waals surface area (Å²) in [5, 5.41) is 16.0. The minimum absolute atomic E-state index is 0.00231. The molecule has 0 unspecified atom stereocenters. The number of carbonyl (C=O) groups excluding carboxylic acids is 2. The summed E-state index contributed by atoms with van der Waals surface area (Å²) < 4.78 is 0. The predicted octanol–water partition coefficient (Wildman–Crippen LogP) is 2.89. The second-order valence-corrected chi connectivity index (χ2v) is 6.34. The number of ketones is 1. The third-order valence-electron chi connectivity index (χ3n) is 2.44. The third-order valence-corrected chi connectivity index (χ3v) is 2.44. The van der Waals surface area contributed by atoms with Crippen molar-refractivity contribution in [2.45, 2.75) is 55.4 Å². The summed E-state index contributed by atoms with van der Waals surface area (Å²) in [6, 6.07) is 0. The van der Waals surface area contributed by atoms with Gasteiger partial charge in [-0.2, -0.15) is 0 Å². The van der Waals surface area contributed by atoms with Crippen LogP contribution in [0.4, 0.5) is 0 Å². The Hall–Kier alpha value is -1.72. The van der Waals surface area contributed by atoms with E-state index in [1.165, 1.54) is 0 Å². The van der Waals surface area contributed by atoms with Gasteiger partial charge in [-0.1, -0.05) is 41.5 Å². The van der Waals surface area contributed by atoms with Gasteiger partial charge in [0.05, 0.1) is 17.3 Å². The number of hydrogen-bond acceptors (Lipinski definition) is 4. The maximum Gasteiger partial charge on any atom is 0.305 e. The van der Waals surface area contributed by atoms with Gasteiger partial charge in [0.1, 0.15) is 12.1 Å². The topological polar surface area (TPSA) is 109 Å². The second kappa shape index (κ2) is 11.9. The normalized spacial score (nSPS) is 10.3. The van der Waals surface area contributed by atoms with Gasteiger partial charge in [-0.25, -0.2) is 0 Å². The van der Waals surface area contributed by atoms with Crippen LogP contribution >= 0.6 is 0 Å². The molecule has 0 saturated heterocycles. The standard InChI is InChI=1S/C8H14O2.2C4H8O2/c1-6(2)7(10)8(3,4)5-9;2*1-3(2)4(5)6/h5-6H,1-4H3;2*3H,1-2H3,(H,5,6). The van der Waals surface area contributed by atoms with E-state index in [0.29, 0.717) is 6.29 Å². The molecular formula is C16H30O6. The van der Waals surface area contributed by atoms with Crippen molar-refractivity contribution < 1.29 is 29.4 Å². The molecular weight excluding hydrogens is 288 g/mol. The Morgan fingerprint density at radius 2 is 1.00 bits per heavy atom. The highest BCUT2D eigenvalue weighted by atomic mass is 16.4. The van der Waals surface area contributed by atoms with Gasteiger partial charge in [-0.15, -0.1) is 0 Å². The number of carbonyl (C=O) groups is 4. The lowest BCUT2D eigenvalue weighted by atomic mass is 9.84. The molecule has 0 aliphatic heterocycles. The minimum Gasteiger partial charge on any atom is -0.481 e. The van der Waals surface area contributed by atoms with Crippen molar-refractivity contribution in [2.24, 2.45) is 23.2 Å². The SMILES string of the molecule is CC(C)C(=O)C(C)(C)C=O.CC(C)C(=O)O.CC(C)C(=O)O. The Labute approximate surface area is 132 Å². The Balaban J connectivity index is -0.000000261. The van der Waals surface area contributed by atoms with Crippen LogP contribution < -0.4 is 0 Å². The highest BCUT2D eigenvalue weighted by molar-refractivity contribution is 5.98. The summed E-state index contributed by atoms with van der Waals surface area (Å²) in [7, 11) is 0. The van der Waals surface area contributed by atoms with Gasteiger partial charge in [0.15, 0.2) is 0 Å². The van der Waals surface area contributed by atoms with Gasteiger partial charge < -0.3 is 15.0 Å². The van der Waals surface area contributed by atoms with Gasteiger partial charge in [-0.3, -0.25) is 14.4 Å². The van der Waals surface area contributed by atoms with Crippen molar-refractivity contribution in [3.05, 3.63) is 0 Å². The highest BCUT2D eigenvalue weighted by Gasteiger charge is 2.28. The maximum atomic E-state index is 11.2. The van der Waals surface area contributed by atoms with Crippen LogP contribution in [-0.2, 0) is 19.2 Å². The van der Waals surface area contributed by atoms with Crippen molar-refractivity contribution >= 4 is 24.0 Å². The zero-order valence-electron chi connectivity index (χ0n) is 14.8. The molecule has 6 nitrogen and oxygen atoms in total. The zero-order chi connectivity index (χ0) is 18.7. The van der Waals surface area contributed by atoms with E-state index in [0.717, 1.165) is 0 Å². The third kappa shape index (κ3) is 14.7. The smallest absolute Gasteiger partial charge is 0.305 e. The summed E-state index contributed by atoms with van der Waals surface area (Å²) in [6.07, 6.45) is 0.704. The first-order valence-corrected chi connectivity index (χ1v) is 7.16. The van der Waals surface area contributed by atoms with E-state index in [2.05, 4.69) is 0 Å². The predicted molar refractivity (Wildman–Crippen MR) is 84.6 cm³/mol. The van der Waals surface area contributed by atoms with Crippen LogP contribution in [0.2, 0.25) is 0 Å². The number of aliphatic carboxylic acids is 2. The van der Waals surface area contributed by atoms with Crippen molar-refractivity contribution in [1.82, 2.24) is 0 Å². The Bertz CT molecular complexity index is 349. The van der Waals surface area contributed by atoms with Gasteiger partial charge >= 0.3 is 11.9 Å². The zero-order valence-corrected chi connectivity index (χ0v) is 14.8. The minimum atomic E-state index is -0.797. The molecule has 0 aliphatic rings. The Kier molecular flexibility index (Phi) is 13.6. The van der Waals surface area contributed by atoms with Crippen LogP contribution in [0.1, 0.15) is 55.4 Å². The molecule has 2 N–H and O–H groups in total. The molecule has 0 aromatic heterocycles. The number of aldehydes is 1. The molecule has 0 aliphatic carbocycles. The van der Waals surface area contributed by atoms with Crippen molar-refractivity contribution in [3.63, 3.8) is 0 Å². The molecule has 0 aromatic rings.